The van der Waals surface area contributed by atoms with E-state index in [2.05, 4.69) is 20.8 Å². The van der Waals surface area contributed by atoms with Crippen LogP contribution in [-0.4, -0.2) is 55.7 Å². The minimum Gasteiger partial charge on any atom is -0.343 e. The average molecular weight is 537 g/mol. The van der Waals surface area contributed by atoms with Crippen LogP contribution in [0.4, 0.5) is 22.0 Å². The molecular weight excluding hydrogens is 511 g/mol. The van der Waals surface area contributed by atoms with Crippen molar-refractivity contribution in [1.82, 2.24) is 30.4 Å². The highest BCUT2D eigenvalue weighted by Crippen LogP contribution is 2.29. The van der Waals surface area contributed by atoms with E-state index in [4.69, 9.17) is 0 Å². The maximum atomic E-state index is 14.8. The Labute approximate surface area is 214 Å². The van der Waals surface area contributed by atoms with Gasteiger partial charge in [0, 0.05) is 6.42 Å². The molecule has 3 aromatic rings. The van der Waals surface area contributed by atoms with Crippen molar-refractivity contribution >= 4 is 11.8 Å². The van der Waals surface area contributed by atoms with E-state index in [0.717, 1.165) is 4.90 Å². The van der Waals surface area contributed by atoms with Gasteiger partial charge in [0.2, 0.25) is 11.8 Å². The molecule has 2 heterocycles. The molecule has 3 atom stereocenters. The number of likely N-dealkylation sites (tertiary alicyclic amines) is 1. The van der Waals surface area contributed by atoms with Gasteiger partial charge in [-0.1, -0.05) is 56.3 Å². The van der Waals surface area contributed by atoms with Crippen molar-refractivity contribution < 1.29 is 31.5 Å². The van der Waals surface area contributed by atoms with Crippen LogP contribution in [-0.2, 0) is 22.3 Å². The standard InChI is InChI=1S/C25H25F5N6O2/c1-14(2)18-9-8-16(10-19(18)27)22(15-6-4-3-5-7-15)31-23(38)20-11-17(26)12-35(20)21(37)13-36-24(25(28,29)30)32-33-34-36/h3-10,14,17,20,22H,11-13H2,1-2H3,(H,31,38)/t17-,20+,22+/m1/s1. The lowest BCUT2D eigenvalue weighted by atomic mass is 9.94. The van der Waals surface area contributed by atoms with E-state index in [1.165, 1.54) is 6.07 Å². The van der Waals surface area contributed by atoms with E-state index < -0.39 is 61.0 Å². The highest BCUT2D eigenvalue weighted by atomic mass is 19.4. The molecule has 1 aromatic heterocycles. The lowest BCUT2D eigenvalue weighted by Gasteiger charge is -2.27. The number of hydrogen-bond acceptors (Lipinski definition) is 5. The van der Waals surface area contributed by atoms with Crippen LogP contribution >= 0.6 is 0 Å². The Balaban J connectivity index is 1.58. The molecule has 0 bridgehead atoms. The molecule has 1 saturated heterocycles. The van der Waals surface area contributed by atoms with Crippen molar-refractivity contribution in [3.05, 3.63) is 76.9 Å². The quantitative estimate of drug-likeness (QED) is 0.464. The summed E-state index contributed by atoms with van der Waals surface area (Å²) in [5.41, 5.74) is 1.55. The molecule has 0 saturated carbocycles. The average Bonchev–Trinajstić information content (AvgIpc) is 3.49. The van der Waals surface area contributed by atoms with Crippen molar-refractivity contribution in [1.29, 1.82) is 0 Å². The molecule has 0 radical (unpaired) electrons. The van der Waals surface area contributed by atoms with Gasteiger partial charge >= 0.3 is 6.18 Å². The first-order chi connectivity index (χ1) is 18.0. The lowest BCUT2D eigenvalue weighted by Crippen LogP contribution is -2.48. The number of nitrogens with zero attached hydrogens (tertiary/aromatic N) is 5. The fourth-order valence-electron chi connectivity index (χ4n) is 4.48. The lowest BCUT2D eigenvalue weighted by molar-refractivity contribution is -0.150. The maximum absolute atomic E-state index is 14.8. The van der Waals surface area contributed by atoms with Crippen molar-refractivity contribution in [2.24, 2.45) is 0 Å². The molecule has 0 spiro atoms. The fourth-order valence-corrected chi connectivity index (χ4v) is 4.48. The monoisotopic (exact) mass is 536 g/mol. The minimum atomic E-state index is -4.91. The Kier molecular flexibility index (Phi) is 7.74. The summed E-state index contributed by atoms with van der Waals surface area (Å²) in [6, 6.07) is 11.2. The summed E-state index contributed by atoms with van der Waals surface area (Å²) in [7, 11) is 0. The van der Waals surface area contributed by atoms with Crippen molar-refractivity contribution in [3.63, 3.8) is 0 Å². The predicted octanol–water partition coefficient (Wildman–Crippen LogP) is 3.80. The van der Waals surface area contributed by atoms with Gasteiger partial charge in [-0.3, -0.25) is 9.59 Å². The van der Waals surface area contributed by atoms with Crippen LogP contribution < -0.4 is 5.32 Å². The molecule has 4 rings (SSSR count). The van der Waals surface area contributed by atoms with Crippen LogP contribution in [0.3, 0.4) is 0 Å². The van der Waals surface area contributed by atoms with Gasteiger partial charge in [0.25, 0.3) is 5.82 Å². The van der Waals surface area contributed by atoms with Crippen molar-refractivity contribution in [3.8, 4) is 0 Å². The van der Waals surface area contributed by atoms with E-state index in [1.54, 1.807) is 42.5 Å². The number of hydrogen-bond donors (Lipinski definition) is 1. The second-order valence-corrected chi connectivity index (χ2v) is 9.34. The second-order valence-electron chi connectivity index (χ2n) is 9.34. The third kappa shape index (κ3) is 5.81. The van der Waals surface area contributed by atoms with E-state index in [0.29, 0.717) is 16.7 Å². The van der Waals surface area contributed by atoms with Crippen molar-refractivity contribution in [2.75, 3.05) is 6.54 Å². The van der Waals surface area contributed by atoms with E-state index >= 15 is 0 Å². The summed E-state index contributed by atoms with van der Waals surface area (Å²) in [5, 5.41) is 11.8. The van der Waals surface area contributed by atoms with Crippen LogP contribution in [0.25, 0.3) is 0 Å². The van der Waals surface area contributed by atoms with E-state index in [9.17, 15) is 31.5 Å². The number of rotatable bonds is 7. The molecule has 1 fully saturated rings. The Bertz CT molecular complexity index is 1300. The summed E-state index contributed by atoms with van der Waals surface area (Å²) in [4.78, 5) is 27.1. The summed E-state index contributed by atoms with van der Waals surface area (Å²) < 4.78 is 68.8. The zero-order valence-corrected chi connectivity index (χ0v) is 20.5. The van der Waals surface area contributed by atoms with Crippen LogP contribution in [0.5, 0.6) is 0 Å². The number of tetrazole rings is 1. The molecule has 1 N–H and O–H groups in total. The van der Waals surface area contributed by atoms with Gasteiger partial charge in [-0.25, -0.2) is 13.5 Å². The Morgan fingerprint density at radius 2 is 1.82 bits per heavy atom. The van der Waals surface area contributed by atoms with Crippen LogP contribution in [0.2, 0.25) is 0 Å². The van der Waals surface area contributed by atoms with Crippen LogP contribution in [0.1, 0.15) is 54.7 Å². The van der Waals surface area contributed by atoms with Gasteiger partial charge in [0.1, 0.15) is 24.6 Å². The normalized spacial score (nSPS) is 18.6. The third-order valence-electron chi connectivity index (χ3n) is 6.34. The summed E-state index contributed by atoms with van der Waals surface area (Å²) in [5.74, 6) is -3.68. The number of halogens is 5. The predicted molar refractivity (Wildman–Crippen MR) is 125 cm³/mol. The SMILES string of the molecule is CC(C)c1ccc([C@@H](NC(=O)[C@@H]2C[C@@H](F)CN2C(=O)Cn2nnnc2C(F)(F)F)c2ccccc2)cc1F. The van der Waals surface area contributed by atoms with Gasteiger partial charge in [0.05, 0.1) is 12.6 Å². The van der Waals surface area contributed by atoms with Gasteiger partial charge in [-0.15, -0.1) is 5.10 Å². The number of amides is 2. The molecule has 8 nitrogen and oxygen atoms in total. The second kappa shape index (κ2) is 10.8. The number of aromatic nitrogens is 4. The number of carbonyl (C=O) groups excluding carboxylic acids is 2. The number of carbonyl (C=O) groups is 2. The molecule has 202 valence electrons. The zero-order valence-electron chi connectivity index (χ0n) is 20.5. The molecule has 1 aliphatic rings. The summed E-state index contributed by atoms with van der Waals surface area (Å²) in [6.07, 6.45) is -6.82. The van der Waals surface area contributed by atoms with Crippen LogP contribution in [0, 0.1) is 5.82 Å². The first-order valence-electron chi connectivity index (χ1n) is 11.9. The third-order valence-corrected chi connectivity index (χ3v) is 6.34. The molecule has 13 heteroatoms. The van der Waals surface area contributed by atoms with Gasteiger partial charge < -0.3 is 10.2 Å². The molecule has 2 amide bonds. The minimum absolute atomic E-state index is 0.0635. The highest BCUT2D eigenvalue weighted by molar-refractivity contribution is 5.89. The van der Waals surface area contributed by atoms with Crippen molar-refractivity contribution in [2.45, 2.75) is 57.2 Å². The zero-order chi connectivity index (χ0) is 27.6. The highest BCUT2D eigenvalue weighted by Gasteiger charge is 2.43. The maximum Gasteiger partial charge on any atom is 0.453 e. The van der Waals surface area contributed by atoms with Gasteiger partial charge in [-0.2, -0.15) is 13.2 Å². The van der Waals surface area contributed by atoms with Gasteiger partial charge in [-0.05, 0) is 39.1 Å². The van der Waals surface area contributed by atoms with E-state index in [1.807, 2.05) is 13.8 Å². The van der Waals surface area contributed by atoms with E-state index in [-0.39, 0.29) is 17.0 Å². The molecule has 0 unspecified atom stereocenters. The molecule has 38 heavy (non-hydrogen) atoms. The Morgan fingerprint density at radius 3 is 2.45 bits per heavy atom. The smallest absolute Gasteiger partial charge is 0.343 e. The summed E-state index contributed by atoms with van der Waals surface area (Å²) >= 11 is 0. The largest absolute Gasteiger partial charge is 0.453 e. The first-order valence-corrected chi connectivity index (χ1v) is 11.9. The number of nitrogens with one attached hydrogen (secondary N) is 1. The molecular formula is C25H25F5N6O2. The molecule has 2 aromatic carbocycles. The molecule has 1 aliphatic heterocycles. The topological polar surface area (TPSA) is 93.0 Å². The first kappa shape index (κ1) is 27.1. The number of alkyl halides is 4. The Morgan fingerprint density at radius 1 is 1.11 bits per heavy atom. The van der Waals surface area contributed by atoms with Crippen LogP contribution in [0.15, 0.2) is 48.5 Å². The Hall–Kier alpha value is -3.90. The van der Waals surface area contributed by atoms with Gasteiger partial charge in [0.15, 0.2) is 0 Å². The summed E-state index contributed by atoms with van der Waals surface area (Å²) in [6.45, 7) is 2.29. The number of benzene rings is 2. The fraction of sp³-hybridized carbons (Fsp3) is 0.400. The molecule has 0 aliphatic carbocycles.